The molecule has 1 N–H and O–H groups in total. The molecule has 25 heavy (non-hydrogen) atoms. The normalized spacial score (nSPS) is 13.1. The highest BCUT2D eigenvalue weighted by atomic mass is 35.5. The van der Waals surface area contributed by atoms with Crippen LogP contribution < -0.4 is 10.2 Å². The Morgan fingerprint density at radius 2 is 1.28 bits per heavy atom. The van der Waals surface area contributed by atoms with E-state index in [0.717, 1.165) is 5.69 Å². The van der Waals surface area contributed by atoms with Crippen molar-refractivity contribution in [3.63, 3.8) is 0 Å². The Balaban J connectivity index is 1.74. The van der Waals surface area contributed by atoms with Gasteiger partial charge in [-0.05, 0) is 48.5 Å². The third-order valence-corrected chi connectivity index (χ3v) is 4.31. The molecular formula is C20H13ClN2O2. The number of carbonyl (C=O) groups is 2. The van der Waals surface area contributed by atoms with Crippen molar-refractivity contribution in [3.05, 3.63) is 88.9 Å². The Kier molecular flexibility index (Phi) is 3.75. The lowest BCUT2D eigenvalue weighted by molar-refractivity contribution is 0.0926. The highest BCUT2D eigenvalue weighted by molar-refractivity contribution is 6.35. The molecule has 1 aliphatic rings. The number of halogens is 1. The number of carbonyl (C=O) groups excluding carboxylic acids is 2. The number of fused-ring (bicyclic) bond motifs is 1. The van der Waals surface area contributed by atoms with E-state index < -0.39 is 0 Å². The van der Waals surface area contributed by atoms with Crippen molar-refractivity contribution in [1.82, 2.24) is 0 Å². The van der Waals surface area contributed by atoms with Crippen LogP contribution >= 0.6 is 11.6 Å². The molecule has 0 saturated carbocycles. The van der Waals surface area contributed by atoms with Crippen LogP contribution in [0.4, 0.5) is 17.1 Å². The number of hydrogen-bond acceptors (Lipinski definition) is 3. The van der Waals surface area contributed by atoms with Crippen molar-refractivity contribution in [2.45, 2.75) is 0 Å². The Hall–Kier alpha value is -3.11. The zero-order valence-corrected chi connectivity index (χ0v) is 13.8. The number of benzene rings is 3. The van der Waals surface area contributed by atoms with Crippen LogP contribution in [0.15, 0.2) is 72.8 Å². The van der Waals surface area contributed by atoms with Crippen LogP contribution in [0.25, 0.3) is 0 Å². The van der Waals surface area contributed by atoms with Crippen molar-refractivity contribution in [3.8, 4) is 0 Å². The van der Waals surface area contributed by atoms with Gasteiger partial charge in [-0.1, -0.05) is 35.9 Å². The molecule has 1 aliphatic heterocycles. The van der Waals surface area contributed by atoms with E-state index in [1.165, 1.54) is 4.90 Å². The minimum atomic E-state index is -0.314. The lowest BCUT2D eigenvalue weighted by Crippen LogP contribution is -2.29. The van der Waals surface area contributed by atoms with E-state index in [1.807, 2.05) is 24.3 Å². The molecule has 0 spiro atoms. The topological polar surface area (TPSA) is 49.4 Å². The minimum Gasteiger partial charge on any atom is -0.354 e. The van der Waals surface area contributed by atoms with Gasteiger partial charge in [0, 0.05) is 10.7 Å². The molecule has 0 radical (unpaired) electrons. The molecule has 3 aromatic carbocycles. The summed E-state index contributed by atoms with van der Waals surface area (Å²) in [5, 5.41) is 3.88. The van der Waals surface area contributed by atoms with Crippen molar-refractivity contribution in [1.29, 1.82) is 0 Å². The lowest BCUT2D eigenvalue weighted by Gasteiger charge is -2.19. The number of nitrogens with zero attached hydrogens (tertiary/aromatic N) is 1. The quantitative estimate of drug-likeness (QED) is 0.686. The van der Waals surface area contributed by atoms with E-state index in [0.29, 0.717) is 27.5 Å². The molecule has 1 heterocycles. The summed E-state index contributed by atoms with van der Waals surface area (Å²) in [5.41, 5.74) is 2.85. The van der Waals surface area contributed by atoms with E-state index in [4.69, 9.17) is 11.6 Å². The van der Waals surface area contributed by atoms with Gasteiger partial charge in [-0.3, -0.25) is 9.59 Å². The van der Waals surface area contributed by atoms with Crippen molar-refractivity contribution in [2.75, 3.05) is 10.2 Å². The second-order valence-electron chi connectivity index (χ2n) is 5.64. The summed E-state index contributed by atoms with van der Waals surface area (Å²) in [4.78, 5) is 26.6. The fraction of sp³-hybridized carbons (Fsp3) is 0. The number of anilines is 3. The third-order valence-electron chi connectivity index (χ3n) is 4.06. The van der Waals surface area contributed by atoms with E-state index in [-0.39, 0.29) is 11.8 Å². The Morgan fingerprint density at radius 1 is 0.720 bits per heavy atom. The number of imide groups is 1. The molecule has 4 nitrogen and oxygen atoms in total. The first-order valence-electron chi connectivity index (χ1n) is 7.74. The van der Waals surface area contributed by atoms with Crippen LogP contribution in [0.1, 0.15) is 20.7 Å². The Morgan fingerprint density at radius 3 is 1.92 bits per heavy atom. The molecule has 2 amide bonds. The predicted molar refractivity (Wildman–Crippen MR) is 98.8 cm³/mol. The van der Waals surface area contributed by atoms with Crippen LogP contribution in [0, 0.1) is 0 Å². The standard InChI is InChI=1S/C20H13ClN2O2/c21-13-9-11-14(12-10-13)22-17-7-3-4-8-18(17)23-19(24)15-5-1-2-6-16(15)20(23)25/h1-12,22H. The number of rotatable bonds is 3. The first-order chi connectivity index (χ1) is 12.1. The molecule has 3 aromatic rings. The zero-order valence-electron chi connectivity index (χ0n) is 13.1. The van der Waals surface area contributed by atoms with Gasteiger partial charge in [-0.15, -0.1) is 0 Å². The van der Waals surface area contributed by atoms with E-state index >= 15 is 0 Å². The highest BCUT2D eigenvalue weighted by Gasteiger charge is 2.37. The summed E-state index contributed by atoms with van der Waals surface area (Å²) in [6.45, 7) is 0. The lowest BCUT2D eigenvalue weighted by atomic mass is 10.1. The first kappa shape index (κ1) is 15.4. The van der Waals surface area contributed by atoms with Crippen molar-refractivity contribution < 1.29 is 9.59 Å². The molecule has 0 saturated heterocycles. The maximum absolute atomic E-state index is 12.7. The Bertz CT molecular complexity index is 948. The summed E-state index contributed by atoms with van der Waals surface area (Å²) in [7, 11) is 0. The van der Waals surface area contributed by atoms with Crippen LogP contribution in [0.3, 0.4) is 0 Å². The van der Waals surface area contributed by atoms with Gasteiger partial charge >= 0.3 is 0 Å². The average molecular weight is 349 g/mol. The molecule has 5 heteroatoms. The summed E-state index contributed by atoms with van der Waals surface area (Å²) in [6, 6.07) is 21.3. The van der Waals surface area contributed by atoms with E-state index in [2.05, 4.69) is 5.32 Å². The Labute approximate surface area is 149 Å². The van der Waals surface area contributed by atoms with Gasteiger partial charge in [0.2, 0.25) is 0 Å². The van der Waals surface area contributed by atoms with Crippen LogP contribution in [-0.2, 0) is 0 Å². The van der Waals surface area contributed by atoms with Gasteiger partial charge in [0.1, 0.15) is 0 Å². The molecule has 0 atom stereocenters. The molecule has 0 aromatic heterocycles. The van der Waals surface area contributed by atoms with Crippen molar-refractivity contribution >= 4 is 40.5 Å². The van der Waals surface area contributed by atoms with E-state index in [1.54, 1.807) is 48.5 Å². The summed E-state index contributed by atoms with van der Waals surface area (Å²) in [5.74, 6) is -0.628. The average Bonchev–Trinajstić information content (AvgIpc) is 2.89. The maximum Gasteiger partial charge on any atom is 0.266 e. The molecular weight excluding hydrogens is 336 g/mol. The zero-order chi connectivity index (χ0) is 17.4. The van der Waals surface area contributed by atoms with E-state index in [9.17, 15) is 9.59 Å². The monoisotopic (exact) mass is 348 g/mol. The highest BCUT2D eigenvalue weighted by Crippen LogP contribution is 2.34. The SMILES string of the molecule is O=C1c2ccccc2C(=O)N1c1ccccc1Nc1ccc(Cl)cc1. The van der Waals surface area contributed by atoms with Gasteiger partial charge < -0.3 is 5.32 Å². The second kappa shape index (κ2) is 6.07. The molecule has 0 aliphatic carbocycles. The molecule has 4 rings (SSSR count). The maximum atomic E-state index is 12.7. The first-order valence-corrected chi connectivity index (χ1v) is 8.12. The van der Waals surface area contributed by atoms with Crippen LogP contribution in [0.5, 0.6) is 0 Å². The number of hydrogen-bond donors (Lipinski definition) is 1. The molecule has 0 fully saturated rings. The summed E-state index contributed by atoms with van der Waals surface area (Å²) >= 11 is 5.91. The fourth-order valence-corrected chi connectivity index (χ4v) is 3.00. The predicted octanol–water partition coefficient (Wildman–Crippen LogP) is 4.88. The number of nitrogens with one attached hydrogen (secondary N) is 1. The summed E-state index contributed by atoms with van der Waals surface area (Å²) < 4.78 is 0. The van der Waals surface area contributed by atoms with Crippen LogP contribution in [-0.4, -0.2) is 11.8 Å². The number of amides is 2. The number of para-hydroxylation sites is 2. The second-order valence-corrected chi connectivity index (χ2v) is 6.08. The van der Waals surface area contributed by atoms with Crippen molar-refractivity contribution in [2.24, 2.45) is 0 Å². The summed E-state index contributed by atoms with van der Waals surface area (Å²) in [6.07, 6.45) is 0. The third kappa shape index (κ3) is 2.66. The fourth-order valence-electron chi connectivity index (χ4n) is 2.87. The van der Waals surface area contributed by atoms with Crippen LogP contribution in [0.2, 0.25) is 5.02 Å². The van der Waals surface area contributed by atoms with Gasteiger partial charge in [0.15, 0.2) is 0 Å². The molecule has 0 unspecified atom stereocenters. The minimum absolute atomic E-state index is 0.314. The van der Waals surface area contributed by atoms with Gasteiger partial charge in [-0.25, -0.2) is 4.90 Å². The van der Waals surface area contributed by atoms with Gasteiger partial charge in [-0.2, -0.15) is 0 Å². The smallest absolute Gasteiger partial charge is 0.266 e. The van der Waals surface area contributed by atoms with Gasteiger partial charge in [0.25, 0.3) is 11.8 Å². The largest absolute Gasteiger partial charge is 0.354 e. The molecule has 122 valence electrons. The van der Waals surface area contributed by atoms with Gasteiger partial charge in [0.05, 0.1) is 22.5 Å². The molecule has 0 bridgehead atoms.